The summed E-state index contributed by atoms with van der Waals surface area (Å²) in [5.41, 5.74) is 5.44. The van der Waals surface area contributed by atoms with E-state index in [1.165, 1.54) is 0 Å². The van der Waals surface area contributed by atoms with E-state index >= 15 is 0 Å². The van der Waals surface area contributed by atoms with Crippen molar-refractivity contribution in [2.75, 3.05) is 20.3 Å². The molecule has 1 aromatic carbocycles. The zero-order valence-electron chi connectivity index (χ0n) is 19.0. The molecule has 166 valence electrons. The Morgan fingerprint density at radius 1 is 1.16 bits per heavy atom. The molecule has 0 radical (unpaired) electrons. The Balaban J connectivity index is 1.74. The maximum atomic E-state index is 13.4. The van der Waals surface area contributed by atoms with Crippen LogP contribution in [0.1, 0.15) is 32.0 Å². The Labute approximate surface area is 186 Å². The summed E-state index contributed by atoms with van der Waals surface area (Å²) < 4.78 is 14.6. The van der Waals surface area contributed by atoms with E-state index in [0.717, 1.165) is 45.2 Å². The molecule has 3 aromatic heterocycles. The van der Waals surface area contributed by atoms with Crippen LogP contribution < -0.4 is 5.69 Å². The normalized spacial score (nSPS) is 18.4. The standard InChI is InChI=1S/C25H28N4O3/c1-25(2)15-32-10-9-22(25)29-23-19-11-16(17-5-7-18(14-31-4)26-12-17)6-8-20(19)27-13-21(23)28(3)24(29)30/h5-8,11-13,22H,9-10,14-15H2,1-4H3/t22-/m0/s1. The van der Waals surface area contributed by atoms with Gasteiger partial charge in [0.25, 0.3) is 0 Å². The van der Waals surface area contributed by atoms with E-state index in [4.69, 9.17) is 9.47 Å². The summed E-state index contributed by atoms with van der Waals surface area (Å²) in [6, 6.07) is 10.3. The van der Waals surface area contributed by atoms with Crippen LogP contribution in [0.15, 0.2) is 47.5 Å². The molecule has 32 heavy (non-hydrogen) atoms. The van der Waals surface area contributed by atoms with Crippen molar-refractivity contribution in [2.24, 2.45) is 12.5 Å². The number of benzene rings is 1. The molecule has 1 fully saturated rings. The number of pyridine rings is 2. The second kappa shape index (κ2) is 7.83. The third kappa shape index (κ3) is 3.32. The van der Waals surface area contributed by atoms with Gasteiger partial charge in [-0.1, -0.05) is 26.0 Å². The number of fused-ring (bicyclic) bond motifs is 3. The van der Waals surface area contributed by atoms with Gasteiger partial charge in [0.2, 0.25) is 0 Å². The van der Waals surface area contributed by atoms with Crippen molar-refractivity contribution < 1.29 is 9.47 Å². The van der Waals surface area contributed by atoms with Crippen LogP contribution in [0, 0.1) is 5.41 Å². The highest BCUT2D eigenvalue weighted by Crippen LogP contribution is 2.40. The highest BCUT2D eigenvalue weighted by Gasteiger charge is 2.37. The van der Waals surface area contributed by atoms with E-state index in [1.807, 2.05) is 36.1 Å². The SMILES string of the molecule is COCc1ccc(-c2ccc3ncc4c(c3c2)n([C@H]2CCOCC2(C)C)c(=O)n4C)cn1. The van der Waals surface area contributed by atoms with Gasteiger partial charge in [0.15, 0.2) is 0 Å². The molecule has 7 heteroatoms. The first kappa shape index (κ1) is 20.8. The van der Waals surface area contributed by atoms with Crippen LogP contribution in [0.3, 0.4) is 0 Å². The fourth-order valence-corrected chi connectivity index (χ4v) is 4.82. The average molecular weight is 433 g/mol. The van der Waals surface area contributed by atoms with E-state index in [1.54, 1.807) is 11.7 Å². The molecule has 4 aromatic rings. The van der Waals surface area contributed by atoms with Gasteiger partial charge in [-0.3, -0.25) is 19.1 Å². The first-order valence-corrected chi connectivity index (χ1v) is 10.9. The molecule has 0 bridgehead atoms. The van der Waals surface area contributed by atoms with Crippen LogP contribution in [-0.2, 0) is 23.1 Å². The molecule has 1 aliphatic rings. The minimum absolute atomic E-state index is 0.00902. The van der Waals surface area contributed by atoms with Crippen LogP contribution in [0.2, 0.25) is 0 Å². The van der Waals surface area contributed by atoms with Crippen LogP contribution in [0.5, 0.6) is 0 Å². The van der Waals surface area contributed by atoms with Gasteiger partial charge >= 0.3 is 5.69 Å². The van der Waals surface area contributed by atoms with E-state index in [0.29, 0.717) is 19.8 Å². The van der Waals surface area contributed by atoms with Gasteiger partial charge in [-0.2, -0.15) is 0 Å². The van der Waals surface area contributed by atoms with Gasteiger partial charge in [0, 0.05) is 49.4 Å². The summed E-state index contributed by atoms with van der Waals surface area (Å²) in [5, 5.41) is 0.973. The molecule has 7 nitrogen and oxygen atoms in total. The van der Waals surface area contributed by atoms with Crippen molar-refractivity contribution >= 4 is 21.9 Å². The number of imidazole rings is 1. The quantitative estimate of drug-likeness (QED) is 0.486. The van der Waals surface area contributed by atoms with Gasteiger partial charge in [0.05, 0.1) is 41.7 Å². The van der Waals surface area contributed by atoms with Crippen molar-refractivity contribution in [1.82, 2.24) is 19.1 Å². The van der Waals surface area contributed by atoms with Gasteiger partial charge in [-0.05, 0) is 30.2 Å². The largest absolute Gasteiger partial charge is 0.381 e. The van der Waals surface area contributed by atoms with E-state index in [9.17, 15) is 4.79 Å². The Morgan fingerprint density at radius 3 is 2.69 bits per heavy atom. The summed E-state index contributed by atoms with van der Waals surface area (Å²) >= 11 is 0. The third-order valence-electron chi connectivity index (χ3n) is 6.59. The van der Waals surface area contributed by atoms with Gasteiger partial charge in [-0.25, -0.2) is 4.79 Å². The lowest BCUT2D eigenvalue weighted by Gasteiger charge is -2.39. The fraction of sp³-hybridized carbons (Fsp3) is 0.400. The zero-order valence-corrected chi connectivity index (χ0v) is 19.0. The molecule has 1 aliphatic heterocycles. The second-order valence-electron chi connectivity index (χ2n) is 9.25. The smallest absolute Gasteiger partial charge is 0.329 e. The number of nitrogens with zero attached hydrogens (tertiary/aromatic N) is 4. The van der Waals surface area contributed by atoms with E-state index in [2.05, 4.69) is 42.0 Å². The summed E-state index contributed by atoms with van der Waals surface area (Å²) in [6.07, 6.45) is 4.48. The van der Waals surface area contributed by atoms with Gasteiger partial charge < -0.3 is 9.47 Å². The number of ether oxygens (including phenoxy) is 2. The Morgan fingerprint density at radius 2 is 1.97 bits per heavy atom. The molecule has 0 amide bonds. The zero-order chi connectivity index (χ0) is 22.5. The molecule has 0 aliphatic carbocycles. The lowest BCUT2D eigenvalue weighted by molar-refractivity contribution is -0.0253. The molecule has 4 heterocycles. The first-order chi connectivity index (χ1) is 15.4. The average Bonchev–Trinajstić information content (AvgIpc) is 3.04. The summed E-state index contributed by atoms with van der Waals surface area (Å²) in [7, 11) is 3.49. The van der Waals surface area contributed by atoms with Crippen molar-refractivity contribution in [3.63, 3.8) is 0 Å². The molecular formula is C25H28N4O3. The molecule has 1 saturated heterocycles. The van der Waals surface area contributed by atoms with Crippen LogP contribution >= 0.6 is 0 Å². The first-order valence-electron chi connectivity index (χ1n) is 10.9. The van der Waals surface area contributed by atoms with Crippen LogP contribution in [-0.4, -0.2) is 39.4 Å². The third-order valence-corrected chi connectivity index (χ3v) is 6.59. The Bertz CT molecular complexity index is 1350. The highest BCUT2D eigenvalue weighted by molar-refractivity contribution is 6.04. The minimum Gasteiger partial charge on any atom is -0.381 e. The van der Waals surface area contributed by atoms with E-state index < -0.39 is 0 Å². The molecule has 1 atom stereocenters. The van der Waals surface area contributed by atoms with Gasteiger partial charge in [-0.15, -0.1) is 0 Å². The van der Waals surface area contributed by atoms with Crippen molar-refractivity contribution in [1.29, 1.82) is 0 Å². The summed E-state index contributed by atoms with van der Waals surface area (Å²) in [4.78, 5) is 22.6. The lowest BCUT2D eigenvalue weighted by atomic mass is 9.81. The van der Waals surface area contributed by atoms with E-state index in [-0.39, 0.29) is 17.1 Å². The summed E-state index contributed by atoms with van der Waals surface area (Å²) in [5.74, 6) is 0. The lowest BCUT2D eigenvalue weighted by Crippen LogP contribution is -2.41. The number of methoxy groups -OCH3 is 1. The maximum absolute atomic E-state index is 13.4. The summed E-state index contributed by atoms with van der Waals surface area (Å²) in [6.45, 7) is 6.12. The van der Waals surface area contributed by atoms with Crippen molar-refractivity contribution in [2.45, 2.75) is 32.9 Å². The fourth-order valence-electron chi connectivity index (χ4n) is 4.82. The monoisotopic (exact) mass is 432 g/mol. The van der Waals surface area contributed by atoms with Crippen LogP contribution in [0.25, 0.3) is 33.1 Å². The number of hydrogen-bond acceptors (Lipinski definition) is 5. The second-order valence-corrected chi connectivity index (χ2v) is 9.25. The van der Waals surface area contributed by atoms with Crippen molar-refractivity contribution in [3.8, 4) is 11.1 Å². The van der Waals surface area contributed by atoms with Gasteiger partial charge in [0.1, 0.15) is 0 Å². The minimum atomic E-state index is -0.148. The number of hydrogen-bond donors (Lipinski definition) is 0. The number of rotatable bonds is 4. The van der Waals surface area contributed by atoms with Crippen molar-refractivity contribution in [3.05, 3.63) is 58.9 Å². The Hall–Kier alpha value is -3.03. The molecule has 0 saturated carbocycles. The highest BCUT2D eigenvalue weighted by atomic mass is 16.5. The molecule has 0 N–H and O–H groups in total. The number of aryl methyl sites for hydroxylation is 1. The molecule has 5 rings (SSSR count). The molecule has 0 unspecified atom stereocenters. The maximum Gasteiger partial charge on any atom is 0.329 e. The number of aromatic nitrogens is 4. The topological polar surface area (TPSA) is 71.2 Å². The molecular weight excluding hydrogens is 404 g/mol. The predicted molar refractivity (Wildman–Crippen MR) is 125 cm³/mol. The van der Waals surface area contributed by atoms with Crippen LogP contribution in [0.4, 0.5) is 0 Å². The predicted octanol–water partition coefficient (Wildman–Crippen LogP) is 4.08. The Kier molecular flexibility index (Phi) is 5.10. The molecule has 0 spiro atoms.